The van der Waals surface area contributed by atoms with Crippen LogP contribution in [-0.2, 0) is 29.0 Å². The van der Waals surface area contributed by atoms with Crippen molar-refractivity contribution in [3.05, 3.63) is 77.7 Å². The van der Waals surface area contributed by atoms with Crippen LogP contribution >= 0.6 is 0 Å². The van der Waals surface area contributed by atoms with E-state index in [1.165, 1.54) is 5.56 Å². The van der Waals surface area contributed by atoms with Gasteiger partial charge >= 0.3 is 5.97 Å². The van der Waals surface area contributed by atoms with Crippen LogP contribution in [0, 0.1) is 0 Å². The summed E-state index contributed by atoms with van der Waals surface area (Å²) in [6.07, 6.45) is 7.71. The second kappa shape index (κ2) is 7.99. The van der Waals surface area contributed by atoms with E-state index in [-0.39, 0.29) is 19.0 Å². The van der Waals surface area contributed by atoms with Gasteiger partial charge in [-0.3, -0.25) is 9.78 Å². The van der Waals surface area contributed by atoms with Crippen LogP contribution in [0.4, 0.5) is 5.82 Å². The van der Waals surface area contributed by atoms with Crippen LogP contribution in [0.15, 0.2) is 61.1 Å². The van der Waals surface area contributed by atoms with Crippen molar-refractivity contribution >= 4 is 11.8 Å². The van der Waals surface area contributed by atoms with Crippen LogP contribution in [0.25, 0.3) is 11.1 Å². The van der Waals surface area contributed by atoms with Crippen molar-refractivity contribution in [2.75, 3.05) is 11.9 Å². The van der Waals surface area contributed by atoms with E-state index < -0.39 is 0 Å². The normalized spacial score (nSPS) is 12.7. The molecule has 3 aromatic rings. The highest BCUT2D eigenvalue weighted by molar-refractivity contribution is 5.74. The molecule has 136 valence electrons. The van der Waals surface area contributed by atoms with Crippen molar-refractivity contribution < 1.29 is 9.53 Å². The van der Waals surface area contributed by atoms with E-state index in [1.807, 2.05) is 42.6 Å². The van der Waals surface area contributed by atoms with Crippen molar-refractivity contribution in [3.63, 3.8) is 0 Å². The Balaban J connectivity index is 1.44. The summed E-state index contributed by atoms with van der Waals surface area (Å²) in [6.45, 7) is 1.26. The third-order valence-electron chi connectivity index (χ3n) is 4.60. The number of anilines is 1. The van der Waals surface area contributed by atoms with Crippen molar-refractivity contribution in [1.29, 1.82) is 0 Å². The van der Waals surface area contributed by atoms with Gasteiger partial charge in [0.25, 0.3) is 0 Å². The number of nitrogens with one attached hydrogen (secondary N) is 1. The van der Waals surface area contributed by atoms with Crippen LogP contribution in [0.5, 0.6) is 0 Å². The van der Waals surface area contributed by atoms with Gasteiger partial charge < -0.3 is 10.1 Å². The van der Waals surface area contributed by atoms with E-state index in [9.17, 15) is 4.79 Å². The zero-order valence-corrected chi connectivity index (χ0v) is 15.0. The van der Waals surface area contributed by atoms with Crippen molar-refractivity contribution in [2.45, 2.75) is 25.9 Å². The van der Waals surface area contributed by atoms with E-state index in [1.54, 1.807) is 12.4 Å². The van der Waals surface area contributed by atoms with Crippen LogP contribution in [-0.4, -0.2) is 22.5 Å². The zero-order chi connectivity index (χ0) is 18.5. The first-order valence-corrected chi connectivity index (χ1v) is 9.14. The molecule has 5 heteroatoms. The van der Waals surface area contributed by atoms with Gasteiger partial charge in [0.2, 0.25) is 0 Å². The summed E-state index contributed by atoms with van der Waals surface area (Å²) in [5.74, 6) is 0.712. The Labute approximate surface area is 158 Å². The molecule has 1 N–H and O–H groups in total. The van der Waals surface area contributed by atoms with Crippen molar-refractivity contribution in [2.24, 2.45) is 0 Å². The molecule has 0 unspecified atom stereocenters. The number of nitrogens with zero attached hydrogens (tertiary/aromatic N) is 2. The number of aryl methyl sites for hydroxylation is 1. The first-order valence-electron chi connectivity index (χ1n) is 9.14. The summed E-state index contributed by atoms with van der Waals surface area (Å²) < 4.78 is 5.36. The lowest BCUT2D eigenvalue weighted by atomic mass is 10.0. The first-order chi connectivity index (χ1) is 13.3. The molecule has 0 aliphatic carbocycles. The highest BCUT2D eigenvalue weighted by Crippen LogP contribution is 2.26. The lowest BCUT2D eigenvalue weighted by Crippen LogP contribution is -2.13. The molecule has 5 nitrogen and oxygen atoms in total. The molecule has 0 saturated heterocycles. The number of ether oxygens (including phenoxy) is 1. The number of fused-ring (bicyclic) bond motifs is 1. The maximum atomic E-state index is 12.2. The minimum Gasteiger partial charge on any atom is -0.461 e. The molecule has 2 aromatic heterocycles. The minimum absolute atomic E-state index is 0.202. The molecule has 0 amide bonds. The average molecular weight is 359 g/mol. The summed E-state index contributed by atoms with van der Waals surface area (Å²) in [5, 5.41) is 3.32. The van der Waals surface area contributed by atoms with Gasteiger partial charge in [0.15, 0.2) is 0 Å². The maximum absolute atomic E-state index is 12.2. The Morgan fingerprint density at radius 3 is 2.78 bits per heavy atom. The summed E-state index contributed by atoms with van der Waals surface area (Å²) in [6, 6.07) is 13.8. The van der Waals surface area contributed by atoms with Gasteiger partial charge in [-0.15, -0.1) is 0 Å². The fourth-order valence-corrected chi connectivity index (χ4v) is 3.20. The monoisotopic (exact) mass is 359 g/mol. The Bertz CT molecular complexity index is 941. The number of carbonyl (C=O) groups excluding carboxylic acids is 1. The van der Waals surface area contributed by atoms with Crippen molar-refractivity contribution in [3.8, 4) is 11.1 Å². The highest BCUT2D eigenvalue weighted by Gasteiger charge is 2.12. The zero-order valence-electron chi connectivity index (χ0n) is 15.0. The molecule has 0 fully saturated rings. The number of hydrogen-bond donors (Lipinski definition) is 1. The van der Waals surface area contributed by atoms with Crippen molar-refractivity contribution in [1.82, 2.24) is 9.97 Å². The average Bonchev–Trinajstić information content (AvgIpc) is 2.73. The number of carbonyl (C=O) groups is 1. The van der Waals surface area contributed by atoms with E-state index in [4.69, 9.17) is 4.74 Å². The number of benzene rings is 1. The van der Waals surface area contributed by atoms with Crippen LogP contribution in [0.1, 0.15) is 23.1 Å². The fraction of sp³-hybridized carbons (Fsp3) is 0.227. The quantitative estimate of drug-likeness (QED) is 0.702. The first kappa shape index (κ1) is 17.2. The van der Waals surface area contributed by atoms with E-state index >= 15 is 0 Å². The van der Waals surface area contributed by atoms with Gasteiger partial charge in [-0.2, -0.15) is 0 Å². The van der Waals surface area contributed by atoms with Crippen LogP contribution < -0.4 is 5.32 Å². The highest BCUT2D eigenvalue weighted by atomic mass is 16.5. The molecule has 0 bridgehead atoms. The molecule has 27 heavy (non-hydrogen) atoms. The molecule has 1 aliphatic heterocycles. The molecule has 0 spiro atoms. The van der Waals surface area contributed by atoms with Gasteiger partial charge in [-0.1, -0.05) is 30.3 Å². The minimum atomic E-state index is -0.259. The van der Waals surface area contributed by atoms with E-state index in [2.05, 4.69) is 21.4 Å². The Morgan fingerprint density at radius 1 is 1.04 bits per heavy atom. The van der Waals surface area contributed by atoms with Crippen LogP contribution in [0.3, 0.4) is 0 Å². The predicted octanol–water partition coefficient (Wildman–Crippen LogP) is 3.79. The summed E-state index contributed by atoms with van der Waals surface area (Å²) in [4.78, 5) is 21.0. The number of rotatable bonds is 5. The number of pyridine rings is 2. The molecular weight excluding hydrogens is 338 g/mol. The second-order valence-corrected chi connectivity index (χ2v) is 6.67. The Kier molecular flexibility index (Phi) is 5.10. The van der Waals surface area contributed by atoms with Gasteiger partial charge in [0.1, 0.15) is 12.4 Å². The number of hydrogen-bond acceptors (Lipinski definition) is 5. The largest absolute Gasteiger partial charge is 0.461 e. The topological polar surface area (TPSA) is 64.1 Å². The number of aromatic nitrogens is 2. The molecule has 4 rings (SSSR count). The lowest BCUT2D eigenvalue weighted by Gasteiger charge is -2.17. The Morgan fingerprint density at radius 2 is 1.89 bits per heavy atom. The van der Waals surface area contributed by atoms with Gasteiger partial charge in [-0.25, -0.2) is 4.98 Å². The molecule has 0 atom stereocenters. The number of esters is 1. The third kappa shape index (κ3) is 4.31. The molecule has 1 aromatic carbocycles. The lowest BCUT2D eigenvalue weighted by molar-refractivity contribution is -0.144. The standard InChI is InChI=1S/C22H21N3O2/c26-21(27-15-16-5-2-1-3-6-16)10-17-9-19(13-23-12-17)20-11-18-7-4-8-24-22(18)25-14-20/h1-3,5-6,9,11-14H,4,7-8,10,15H2,(H,24,25). The summed E-state index contributed by atoms with van der Waals surface area (Å²) in [5.41, 5.74) is 5.02. The molecule has 1 aliphatic rings. The molecular formula is C22H21N3O2. The van der Waals surface area contributed by atoms with Gasteiger partial charge in [0.05, 0.1) is 6.42 Å². The van der Waals surface area contributed by atoms with Crippen LogP contribution in [0.2, 0.25) is 0 Å². The molecule has 3 heterocycles. The second-order valence-electron chi connectivity index (χ2n) is 6.67. The van der Waals surface area contributed by atoms with Gasteiger partial charge in [-0.05, 0) is 41.7 Å². The maximum Gasteiger partial charge on any atom is 0.310 e. The smallest absolute Gasteiger partial charge is 0.310 e. The van der Waals surface area contributed by atoms with E-state index in [0.29, 0.717) is 0 Å². The predicted molar refractivity (Wildman–Crippen MR) is 104 cm³/mol. The molecule has 0 radical (unpaired) electrons. The third-order valence-corrected chi connectivity index (χ3v) is 4.60. The van der Waals surface area contributed by atoms with Gasteiger partial charge in [0, 0.05) is 36.3 Å². The SMILES string of the molecule is O=C(Cc1cncc(-c2cnc3c(c2)CCCN3)c1)OCc1ccccc1. The van der Waals surface area contributed by atoms with E-state index in [0.717, 1.165) is 47.5 Å². The Hall–Kier alpha value is -3.21. The summed E-state index contributed by atoms with van der Waals surface area (Å²) in [7, 11) is 0. The summed E-state index contributed by atoms with van der Waals surface area (Å²) >= 11 is 0. The molecule has 0 saturated carbocycles. The fourth-order valence-electron chi connectivity index (χ4n) is 3.20.